The Labute approximate surface area is 172 Å². The van der Waals surface area contributed by atoms with Gasteiger partial charge in [0, 0.05) is 29.1 Å². The van der Waals surface area contributed by atoms with Gasteiger partial charge in [0.2, 0.25) is 5.91 Å². The molecule has 0 bridgehead atoms. The van der Waals surface area contributed by atoms with Gasteiger partial charge in [0.05, 0.1) is 17.3 Å². The van der Waals surface area contributed by atoms with E-state index in [0.29, 0.717) is 6.42 Å². The third-order valence-electron chi connectivity index (χ3n) is 5.18. The van der Waals surface area contributed by atoms with Crippen LogP contribution in [-0.2, 0) is 15.1 Å². The molecule has 1 saturated carbocycles. The van der Waals surface area contributed by atoms with Gasteiger partial charge in [-0.2, -0.15) is 5.10 Å². The van der Waals surface area contributed by atoms with Crippen molar-refractivity contribution < 1.29 is 44.3 Å². The number of nitrogens with one attached hydrogen (secondary N) is 1. The summed E-state index contributed by atoms with van der Waals surface area (Å²) in [6.07, 6.45) is 2.30. The summed E-state index contributed by atoms with van der Waals surface area (Å²) in [5.74, 6) is -1.98. The molecule has 1 aromatic rings. The molecule has 0 aliphatic heterocycles. The van der Waals surface area contributed by atoms with Gasteiger partial charge >= 0.3 is 29.6 Å². The minimum Gasteiger partial charge on any atom is -0.550 e. The van der Waals surface area contributed by atoms with Crippen molar-refractivity contribution in [2.45, 2.75) is 66.5 Å². The fraction of sp³-hybridized carbons (Fsp3) is 0.722. The van der Waals surface area contributed by atoms with Gasteiger partial charge in [-0.3, -0.25) is 9.48 Å². The number of hydrogen-bond donors (Lipinski definition) is 1. The molecule has 1 fully saturated rings. The molecule has 3 atom stereocenters. The van der Waals surface area contributed by atoms with Crippen molar-refractivity contribution >= 4 is 11.9 Å². The quantitative estimate of drug-likeness (QED) is 0.653. The van der Waals surface area contributed by atoms with E-state index < -0.39 is 17.3 Å². The van der Waals surface area contributed by atoms with E-state index in [1.54, 1.807) is 0 Å². The number of hydrogen-bond acceptors (Lipinski definition) is 4. The Bertz CT molecular complexity index is 663. The second-order valence-electron chi connectivity index (χ2n) is 8.25. The summed E-state index contributed by atoms with van der Waals surface area (Å²) in [5, 5.41) is 18.9. The zero-order chi connectivity index (χ0) is 18.4. The van der Waals surface area contributed by atoms with E-state index in [2.05, 4.69) is 31.2 Å². The Hall–Kier alpha value is -0.850. The Morgan fingerprint density at radius 1 is 1.36 bits per heavy atom. The average Bonchev–Trinajstić information content (AvgIpc) is 3.08. The van der Waals surface area contributed by atoms with Crippen LogP contribution in [0.1, 0.15) is 65.3 Å². The van der Waals surface area contributed by atoms with Crippen LogP contribution in [-0.4, -0.2) is 21.7 Å². The van der Waals surface area contributed by atoms with Crippen molar-refractivity contribution in [3.05, 3.63) is 17.5 Å². The molecule has 25 heavy (non-hydrogen) atoms. The third kappa shape index (κ3) is 4.12. The van der Waals surface area contributed by atoms with Crippen LogP contribution in [0.15, 0.2) is 6.20 Å². The minimum atomic E-state index is -1.12. The molecular formula is C18H28N3NaO3. The summed E-state index contributed by atoms with van der Waals surface area (Å²) >= 11 is 0. The van der Waals surface area contributed by atoms with Crippen LogP contribution in [0.2, 0.25) is 0 Å². The fourth-order valence-corrected chi connectivity index (χ4v) is 3.34. The molecule has 3 unspecified atom stereocenters. The molecule has 1 aromatic heterocycles. The number of carbonyl (C=O) groups excluding carboxylic acids is 2. The number of aliphatic carboxylic acids is 1. The zero-order valence-electron chi connectivity index (χ0n) is 16.6. The van der Waals surface area contributed by atoms with Gasteiger partial charge in [-0.05, 0) is 47.0 Å². The number of carbonyl (C=O) groups is 2. The Morgan fingerprint density at radius 2 is 1.92 bits per heavy atom. The maximum absolute atomic E-state index is 12.5. The molecule has 1 aliphatic rings. The second kappa shape index (κ2) is 7.41. The first-order chi connectivity index (χ1) is 10.9. The Kier molecular flexibility index (Phi) is 6.58. The maximum Gasteiger partial charge on any atom is 1.00 e. The summed E-state index contributed by atoms with van der Waals surface area (Å²) in [6, 6.07) is -0.221. The van der Waals surface area contributed by atoms with Crippen molar-refractivity contribution in [3.8, 4) is 0 Å². The molecular weight excluding hydrogens is 329 g/mol. The Balaban J connectivity index is 0.00000312. The van der Waals surface area contributed by atoms with Gasteiger partial charge in [-0.15, -0.1) is 0 Å². The number of amides is 1. The van der Waals surface area contributed by atoms with Crippen LogP contribution in [0.5, 0.6) is 0 Å². The van der Waals surface area contributed by atoms with Crippen LogP contribution in [0.4, 0.5) is 0 Å². The van der Waals surface area contributed by atoms with Gasteiger partial charge in [-0.25, -0.2) is 0 Å². The van der Waals surface area contributed by atoms with Gasteiger partial charge in [0.15, 0.2) is 0 Å². The van der Waals surface area contributed by atoms with E-state index in [0.717, 1.165) is 11.3 Å². The van der Waals surface area contributed by atoms with Gasteiger partial charge in [0.25, 0.3) is 0 Å². The topological polar surface area (TPSA) is 87.0 Å². The number of aromatic nitrogens is 2. The van der Waals surface area contributed by atoms with E-state index in [9.17, 15) is 14.7 Å². The van der Waals surface area contributed by atoms with E-state index in [1.165, 1.54) is 0 Å². The largest absolute Gasteiger partial charge is 1.00 e. The van der Waals surface area contributed by atoms with Crippen molar-refractivity contribution in [1.29, 1.82) is 0 Å². The SMILES string of the molecule is Cc1nn(C(C)(C)C)cc1C(C)NC(=O)C1CC1(C(=O)[O-])C(C)C.[Na+]. The number of aryl methyl sites for hydroxylation is 1. The van der Waals surface area contributed by atoms with Crippen molar-refractivity contribution in [3.63, 3.8) is 0 Å². The molecule has 1 N–H and O–H groups in total. The predicted molar refractivity (Wildman–Crippen MR) is 88.9 cm³/mol. The van der Waals surface area contributed by atoms with Crippen LogP contribution >= 0.6 is 0 Å². The van der Waals surface area contributed by atoms with Crippen LogP contribution < -0.4 is 40.0 Å². The summed E-state index contributed by atoms with van der Waals surface area (Å²) in [6.45, 7) is 13.6. The molecule has 0 saturated heterocycles. The predicted octanol–water partition coefficient (Wildman–Crippen LogP) is -1.46. The number of nitrogens with zero attached hydrogens (tertiary/aromatic N) is 2. The van der Waals surface area contributed by atoms with E-state index in [1.807, 2.05) is 38.6 Å². The summed E-state index contributed by atoms with van der Waals surface area (Å²) < 4.78 is 1.89. The first-order valence-electron chi connectivity index (χ1n) is 8.49. The van der Waals surface area contributed by atoms with Crippen molar-refractivity contribution in [2.75, 3.05) is 0 Å². The molecule has 134 valence electrons. The molecule has 1 heterocycles. The van der Waals surface area contributed by atoms with Crippen LogP contribution in [0.3, 0.4) is 0 Å². The van der Waals surface area contributed by atoms with Crippen molar-refractivity contribution in [1.82, 2.24) is 15.1 Å². The molecule has 1 amide bonds. The molecule has 0 radical (unpaired) electrons. The molecule has 2 rings (SSSR count). The molecule has 0 spiro atoms. The summed E-state index contributed by atoms with van der Waals surface area (Å²) in [7, 11) is 0. The number of carboxylic acids is 1. The minimum absolute atomic E-state index is 0. The first-order valence-corrected chi connectivity index (χ1v) is 8.49. The summed E-state index contributed by atoms with van der Waals surface area (Å²) in [5.41, 5.74) is 0.658. The molecule has 6 nitrogen and oxygen atoms in total. The zero-order valence-corrected chi connectivity index (χ0v) is 18.6. The van der Waals surface area contributed by atoms with E-state index >= 15 is 0 Å². The van der Waals surface area contributed by atoms with E-state index in [-0.39, 0.29) is 53.0 Å². The summed E-state index contributed by atoms with van der Waals surface area (Å²) in [4.78, 5) is 24.0. The van der Waals surface area contributed by atoms with Gasteiger partial charge < -0.3 is 15.2 Å². The van der Waals surface area contributed by atoms with E-state index in [4.69, 9.17) is 0 Å². The Morgan fingerprint density at radius 3 is 2.28 bits per heavy atom. The monoisotopic (exact) mass is 357 g/mol. The number of rotatable bonds is 5. The first kappa shape index (κ1) is 22.2. The standard InChI is InChI=1S/C18H29N3O3.Na/c1-10(2)18(16(23)24)8-14(18)15(22)19-11(3)13-9-21(17(5,6)7)20-12(13)4;/h9-11,14H,8H2,1-7H3,(H,19,22)(H,23,24);/q;+1/p-1. The molecule has 0 aromatic carbocycles. The van der Waals surface area contributed by atoms with Gasteiger partial charge in [0.1, 0.15) is 0 Å². The number of carboxylic acid groups (broad SMARTS) is 1. The van der Waals surface area contributed by atoms with Crippen LogP contribution in [0.25, 0.3) is 0 Å². The normalized spacial score (nSPS) is 23.8. The maximum atomic E-state index is 12.5. The smallest absolute Gasteiger partial charge is 0.550 e. The van der Waals surface area contributed by atoms with Crippen LogP contribution in [0, 0.1) is 24.2 Å². The molecule has 7 heteroatoms. The fourth-order valence-electron chi connectivity index (χ4n) is 3.34. The molecule has 1 aliphatic carbocycles. The third-order valence-corrected chi connectivity index (χ3v) is 5.18. The average molecular weight is 357 g/mol. The van der Waals surface area contributed by atoms with Crippen molar-refractivity contribution in [2.24, 2.45) is 17.3 Å². The van der Waals surface area contributed by atoms with Gasteiger partial charge in [-0.1, -0.05) is 13.8 Å². The second-order valence-corrected chi connectivity index (χ2v) is 8.25.